The van der Waals surface area contributed by atoms with Gasteiger partial charge in [0, 0.05) is 37.4 Å². The molecular weight excluding hydrogens is 334 g/mol. The summed E-state index contributed by atoms with van der Waals surface area (Å²) in [7, 11) is 0.675. The summed E-state index contributed by atoms with van der Waals surface area (Å²) in [5.41, 5.74) is 3.96. The predicted molar refractivity (Wildman–Crippen MR) is 102 cm³/mol. The second-order valence-electron chi connectivity index (χ2n) is 6.40. The van der Waals surface area contributed by atoms with Crippen molar-refractivity contribution in [3.8, 4) is 11.4 Å². The maximum absolute atomic E-state index is 11.4. The van der Waals surface area contributed by atoms with Crippen LogP contribution in [0.5, 0.6) is 0 Å². The van der Waals surface area contributed by atoms with Gasteiger partial charge in [0.05, 0.1) is 15.9 Å². The zero-order valence-corrected chi connectivity index (χ0v) is 14.9. The minimum Gasteiger partial charge on any atom is -0.369 e. The molecule has 1 unspecified atom stereocenters. The van der Waals surface area contributed by atoms with Crippen LogP contribution >= 0.6 is 0 Å². The third-order valence-electron chi connectivity index (χ3n) is 4.69. The van der Waals surface area contributed by atoms with Gasteiger partial charge in [0.1, 0.15) is 16.8 Å². The highest BCUT2D eigenvalue weighted by Gasteiger charge is 2.14. The summed E-state index contributed by atoms with van der Waals surface area (Å²) in [6.45, 7) is 4.30. The van der Waals surface area contributed by atoms with Gasteiger partial charge < -0.3 is 14.8 Å². The summed E-state index contributed by atoms with van der Waals surface area (Å²) in [5, 5.41) is 5.45. The standard InChI is InChI=1S/C18H21N5OS/c1-22-8-10-23(11-9-22)14-4-2-13(3-5-14)18-20-16-7-6-15(25(19)24)12-17(16)21-18/h2-7,12H,8-11,19H2,1H3,(H,20,21). The van der Waals surface area contributed by atoms with Gasteiger partial charge in [0.25, 0.3) is 0 Å². The van der Waals surface area contributed by atoms with Crippen molar-refractivity contribution in [3.05, 3.63) is 42.5 Å². The van der Waals surface area contributed by atoms with Crippen molar-refractivity contribution in [2.45, 2.75) is 4.90 Å². The number of hydrogen-bond donors (Lipinski definition) is 2. The van der Waals surface area contributed by atoms with E-state index in [0.717, 1.165) is 48.6 Å². The van der Waals surface area contributed by atoms with E-state index in [1.165, 1.54) is 5.69 Å². The first-order chi connectivity index (χ1) is 12.1. The van der Waals surface area contributed by atoms with Crippen LogP contribution in [0.15, 0.2) is 47.4 Å². The van der Waals surface area contributed by atoms with Crippen LogP contribution in [-0.2, 0) is 11.0 Å². The highest BCUT2D eigenvalue weighted by molar-refractivity contribution is 7.82. The fraction of sp³-hybridized carbons (Fsp3) is 0.278. The lowest BCUT2D eigenvalue weighted by atomic mass is 10.1. The number of piperazine rings is 1. The Labute approximate surface area is 149 Å². The number of anilines is 1. The summed E-state index contributed by atoms with van der Waals surface area (Å²) in [6, 6.07) is 13.9. The number of benzene rings is 2. The van der Waals surface area contributed by atoms with Crippen LogP contribution in [0.4, 0.5) is 5.69 Å². The minimum atomic E-state index is -1.49. The Morgan fingerprint density at radius 3 is 2.48 bits per heavy atom. The molecule has 6 nitrogen and oxygen atoms in total. The molecule has 1 saturated heterocycles. The van der Waals surface area contributed by atoms with Gasteiger partial charge in [-0.3, -0.25) is 0 Å². The van der Waals surface area contributed by atoms with Crippen LogP contribution in [0, 0.1) is 0 Å². The van der Waals surface area contributed by atoms with E-state index in [2.05, 4.69) is 51.1 Å². The second-order valence-corrected chi connectivity index (χ2v) is 7.47. The van der Waals surface area contributed by atoms with Gasteiger partial charge in [-0.2, -0.15) is 0 Å². The maximum atomic E-state index is 11.4. The van der Waals surface area contributed by atoms with E-state index in [9.17, 15) is 4.21 Å². The van der Waals surface area contributed by atoms with E-state index < -0.39 is 11.0 Å². The minimum absolute atomic E-state index is 0.591. The number of nitrogens with one attached hydrogen (secondary N) is 1. The topological polar surface area (TPSA) is 78.2 Å². The molecule has 1 aliphatic rings. The monoisotopic (exact) mass is 355 g/mol. The van der Waals surface area contributed by atoms with Crippen molar-refractivity contribution >= 4 is 27.7 Å². The molecule has 25 heavy (non-hydrogen) atoms. The first-order valence-corrected chi connectivity index (χ1v) is 9.51. The quantitative estimate of drug-likeness (QED) is 0.753. The molecule has 1 atom stereocenters. The summed E-state index contributed by atoms with van der Waals surface area (Å²) in [5.74, 6) is 0.805. The molecule has 3 aromatic rings. The molecular formula is C18H21N5OS. The summed E-state index contributed by atoms with van der Waals surface area (Å²) < 4.78 is 11.4. The van der Waals surface area contributed by atoms with E-state index >= 15 is 0 Å². The lowest BCUT2D eigenvalue weighted by molar-refractivity contribution is 0.313. The van der Waals surface area contributed by atoms with Crippen LogP contribution in [0.25, 0.3) is 22.4 Å². The third-order valence-corrected chi connectivity index (χ3v) is 5.41. The second kappa shape index (κ2) is 6.59. The Kier molecular flexibility index (Phi) is 4.29. The largest absolute Gasteiger partial charge is 0.369 e. The van der Waals surface area contributed by atoms with Gasteiger partial charge >= 0.3 is 0 Å². The highest BCUT2D eigenvalue weighted by Crippen LogP contribution is 2.25. The number of rotatable bonds is 3. The zero-order valence-electron chi connectivity index (χ0n) is 14.1. The Morgan fingerprint density at radius 2 is 1.80 bits per heavy atom. The Balaban J connectivity index is 1.59. The molecule has 0 bridgehead atoms. The normalized spacial score (nSPS) is 17.1. The number of fused-ring (bicyclic) bond motifs is 1. The number of aromatic amines is 1. The number of nitrogens with zero attached hydrogens (tertiary/aromatic N) is 3. The Hall–Kier alpha value is -2.22. The number of nitrogens with two attached hydrogens (primary N) is 1. The highest BCUT2D eigenvalue weighted by atomic mass is 32.2. The third kappa shape index (κ3) is 3.30. The van der Waals surface area contributed by atoms with Gasteiger partial charge in [-0.15, -0.1) is 0 Å². The van der Waals surface area contributed by atoms with Gasteiger partial charge in [-0.25, -0.2) is 14.3 Å². The van der Waals surface area contributed by atoms with Crippen LogP contribution in [-0.4, -0.2) is 52.3 Å². The summed E-state index contributed by atoms with van der Waals surface area (Å²) in [6.07, 6.45) is 0. The molecule has 2 heterocycles. The van der Waals surface area contributed by atoms with Gasteiger partial charge in [-0.1, -0.05) is 0 Å². The van der Waals surface area contributed by atoms with Crippen molar-refractivity contribution in [2.24, 2.45) is 5.14 Å². The predicted octanol–water partition coefficient (Wildman–Crippen LogP) is 1.96. The van der Waals surface area contributed by atoms with E-state index in [4.69, 9.17) is 5.14 Å². The average Bonchev–Trinajstić information content (AvgIpc) is 3.05. The maximum Gasteiger partial charge on any atom is 0.138 e. The fourth-order valence-electron chi connectivity index (χ4n) is 3.15. The number of aromatic nitrogens is 2. The first kappa shape index (κ1) is 16.3. The lowest BCUT2D eigenvalue weighted by Gasteiger charge is -2.34. The van der Waals surface area contributed by atoms with Crippen molar-refractivity contribution < 1.29 is 4.21 Å². The molecule has 7 heteroatoms. The molecule has 0 spiro atoms. The van der Waals surface area contributed by atoms with E-state index in [-0.39, 0.29) is 0 Å². The zero-order chi connectivity index (χ0) is 17.4. The SMILES string of the molecule is CN1CCN(c2ccc(-c3nc4ccc(S(N)=O)cc4[nH]3)cc2)CC1. The van der Waals surface area contributed by atoms with E-state index in [1.54, 1.807) is 12.1 Å². The smallest absolute Gasteiger partial charge is 0.138 e. The molecule has 1 aromatic heterocycles. The molecule has 0 saturated carbocycles. The van der Waals surface area contributed by atoms with Crippen LogP contribution < -0.4 is 10.0 Å². The van der Waals surface area contributed by atoms with Crippen molar-refractivity contribution in [1.29, 1.82) is 0 Å². The van der Waals surface area contributed by atoms with Gasteiger partial charge in [-0.05, 0) is 49.5 Å². The number of hydrogen-bond acceptors (Lipinski definition) is 4. The molecule has 1 fully saturated rings. The number of H-pyrrole nitrogens is 1. The molecule has 1 aliphatic heterocycles. The molecule has 2 aromatic carbocycles. The van der Waals surface area contributed by atoms with Crippen molar-refractivity contribution in [1.82, 2.24) is 14.9 Å². The molecule has 0 radical (unpaired) electrons. The van der Waals surface area contributed by atoms with E-state index in [1.807, 2.05) is 6.07 Å². The molecule has 0 amide bonds. The number of imidazole rings is 1. The van der Waals surface area contributed by atoms with Crippen LogP contribution in [0.2, 0.25) is 0 Å². The first-order valence-electron chi connectivity index (χ1n) is 8.30. The molecule has 130 valence electrons. The van der Waals surface area contributed by atoms with Crippen LogP contribution in [0.1, 0.15) is 0 Å². The molecule has 3 N–H and O–H groups in total. The van der Waals surface area contributed by atoms with Crippen molar-refractivity contribution in [2.75, 3.05) is 38.1 Å². The summed E-state index contributed by atoms with van der Waals surface area (Å²) in [4.78, 5) is 13.3. The van der Waals surface area contributed by atoms with Crippen LogP contribution in [0.3, 0.4) is 0 Å². The number of likely N-dealkylation sites (N-methyl/N-ethyl adjacent to an activating group) is 1. The molecule has 4 rings (SSSR count). The fourth-order valence-corrected chi connectivity index (χ4v) is 3.58. The Bertz CT molecular complexity index is 913. The molecule has 0 aliphatic carbocycles. The Morgan fingerprint density at radius 1 is 1.08 bits per heavy atom. The lowest BCUT2D eigenvalue weighted by Crippen LogP contribution is -2.44. The van der Waals surface area contributed by atoms with Gasteiger partial charge in [0.15, 0.2) is 0 Å². The van der Waals surface area contributed by atoms with Gasteiger partial charge in [0.2, 0.25) is 0 Å². The van der Waals surface area contributed by atoms with E-state index in [0.29, 0.717) is 4.90 Å². The van der Waals surface area contributed by atoms with Crippen molar-refractivity contribution in [3.63, 3.8) is 0 Å². The average molecular weight is 355 g/mol. The summed E-state index contributed by atoms with van der Waals surface area (Å²) >= 11 is 0.